The smallest absolute Gasteiger partial charge is 0.321 e. The number of nitrogens with one attached hydrogen (secondary N) is 2. The van der Waals surface area contributed by atoms with Crippen molar-refractivity contribution in [2.75, 3.05) is 18.9 Å². The third-order valence-corrected chi connectivity index (χ3v) is 7.20. The van der Waals surface area contributed by atoms with Gasteiger partial charge in [-0.1, -0.05) is 29.8 Å². The van der Waals surface area contributed by atoms with Crippen molar-refractivity contribution in [3.63, 3.8) is 0 Å². The Morgan fingerprint density at radius 3 is 2.67 bits per heavy atom. The van der Waals surface area contributed by atoms with Gasteiger partial charge in [-0.2, -0.15) is 4.72 Å². The molecule has 30 heavy (non-hydrogen) atoms. The van der Waals surface area contributed by atoms with Gasteiger partial charge in [0.1, 0.15) is 18.8 Å². The number of halogens is 1. The fourth-order valence-electron chi connectivity index (χ4n) is 2.63. The maximum absolute atomic E-state index is 12.4. The zero-order valence-electron chi connectivity index (χ0n) is 15.5. The van der Waals surface area contributed by atoms with Crippen LogP contribution in [0.2, 0.25) is 5.02 Å². The molecule has 0 aliphatic carbocycles. The molecular weight excluding hydrogens is 454 g/mol. The van der Waals surface area contributed by atoms with Crippen LogP contribution in [-0.2, 0) is 26.2 Å². The molecule has 0 saturated carbocycles. The average molecular weight is 470 g/mol. The highest BCUT2D eigenvalue weighted by Gasteiger charge is 2.22. The summed E-state index contributed by atoms with van der Waals surface area (Å²) in [6, 6.07) is 10.8. The number of esters is 1. The van der Waals surface area contributed by atoms with E-state index in [1.165, 1.54) is 30.5 Å². The summed E-state index contributed by atoms with van der Waals surface area (Å²) in [4.78, 5) is 22.7. The number of nitrogens with zero attached hydrogens (tertiary/aromatic N) is 1. The van der Waals surface area contributed by atoms with Gasteiger partial charge in [0.15, 0.2) is 0 Å². The van der Waals surface area contributed by atoms with E-state index in [2.05, 4.69) is 10.0 Å². The summed E-state index contributed by atoms with van der Waals surface area (Å²) in [7, 11) is -2.67. The zero-order chi connectivity index (χ0) is 21.9. The lowest BCUT2D eigenvalue weighted by molar-refractivity contribution is -0.384. The van der Waals surface area contributed by atoms with Crippen LogP contribution in [0.4, 0.5) is 11.4 Å². The number of rotatable bonds is 8. The summed E-state index contributed by atoms with van der Waals surface area (Å²) in [6.07, 6.45) is 0. The molecule has 3 rings (SSSR count). The molecule has 0 radical (unpaired) electrons. The summed E-state index contributed by atoms with van der Waals surface area (Å²) >= 11 is 7.66. The number of fused-ring (bicyclic) bond motifs is 1. The standard InChI is InChI=1S/C18H16ClN3O6S2/c1-20-13-7-6-11(8-14(13)22(24)25)30(26,27)21-9-17(23)28-10-16-18(19)12-4-2-3-5-15(12)29-16/h2-8,20-21H,9-10H2,1H3. The number of nitro groups is 1. The maximum atomic E-state index is 12.4. The monoisotopic (exact) mass is 469 g/mol. The van der Waals surface area contributed by atoms with Crippen LogP contribution in [0.25, 0.3) is 10.1 Å². The number of benzene rings is 2. The first kappa shape index (κ1) is 22.0. The number of hydrogen-bond acceptors (Lipinski definition) is 8. The summed E-state index contributed by atoms with van der Waals surface area (Å²) < 4.78 is 32.9. The van der Waals surface area contributed by atoms with Crippen molar-refractivity contribution >= 4 is 60.4 Å². The lowest BCUT2D eigenvalue weighted by Gasteiger charge is -2.08. The quantitative estimate of drug-likeness (QED) is 0.293. The molecule has 2 N–H and O–H groups in total. The number of carbonyl (C=O) groups excluding carboxylic acids is 1. The number of nitro benzene ring substituents is 1. The van der Waals surface area contributed by atoms with Gasteiger partial charge in [0.05, 0.1) is 19.7 Å². The number of sulfonamides is 1. The number of ether oxygens (including phenoxy) is 1. The van der Waals surface area contributed by atoms with E-state index < -0.39 is 33.1 Å². The van der Waals surface area contributed by atoms with E-state index in [4.69, 9.17) is 16.3 Å². The minimum Gasteiger partial charge on any atom is -0.459 e. The Morgan fingerprint density at radius 1 is 1.27 bits per heavy atom. The first-order chi connectivity index (χ1) is 14.2. The molecule has 12 heteroatoms. The molecule has 0 bridgehead atoms. The SMILES string of the molecule is CNc1ccc(S(=O)(=O)NCC(=O)OCc2sc3ccccc3c2Cl)cc1[N+](=O)[O-]. The van der Waals surface area contributed by atoms with E-state index in [0.717, 1.165) is 16.2 Å². The van der Waals surface area contributed by atoms with Crippen molar-refractivity contribution in [1.82, 2.24) is 4.72 Å². The third kappa shape index (κ3) is 4.70. The molecule has 0 unspecified atom stereocenters. The third-order valence-electron chi connectivity index (χ3n) is 4.12. The molecule has 1 aromatic heterocycles. The van der Waals surface area contributed by atoms with E-state index in [9.17, 15) is 23.3 Å². The Morgan fingerprint density at radius 2 is 2.00 bits per heavy atom. The molecule has 9 nitrogen and oxygen atoms in total. The molecule has 3 aromatic rings. The van der Waals surface area contributed by atoms with Gasteiger partial charge in [-0.3, -0.25) is 14.9 Å². The predicted octanol–water partition coefficient (Wildman–Crippen LogP) is 3.53. The topological polar surface area (TPSA) is 128 Å². The fourth-order valence-corrected chi connectivity index (χ4v) is 5.02. The first-order valence-corrected chi connectivity index (χ1v) is 11.2. The highest BCUT2D eigenvalue weighted by Crippen LogP contribution is 2.35. The molecule has 0 atom stereocenters. The Bertz CT molecular complexity index is 1230. The molecule has 0 saturated heterocycles. The number of carbonyl (C=O) groups is 1. The predicted molar refractivity (Wildman–Crippen MR) is 114 cm³/mol. The zero-order valence-corrected chi connectivity index (χ0v) is 17.9. The van der Waals surface area contributed by atoms with Crippen LogP contribution in [0.5, 0.6) is 0 Å². The fraction of sp³-hybridized carbons (Fsp3) is 0.167. The van der Waals surface area contributed by atoms with Gasteiger partial charge < -0.3 is 10.1 Å². The summed E-state index contributed by atoms with van der Waals surface area (Å²) in [5.74, 6) is -0.812. The molecular formula is C18H16ClN3O6S2. The lowest BCUT2D eigenvalue weighted by atomic mass is 10.2. The van der Waals surface area contributed by atoms with Gasteiger partial charge in [0.25, 0.3) is 5.69 Å². The number of anilines is 1. The molecule has 0 fully saturated rings. The molecule has 0 amide bonds. The van der Waals surface area contributed by atoms with Crippen LogP contribution < -0.4 is 10.0 Å². The number of hydrogen-bond donors (Lipinski definition) is 2. The van der Waals surface area contributed by atoms with Gasteiger partial charge in [0.2, 0.25) is 10.0 Å². The maximum Gasteiger partial charge on any atom is 0.321 e. The van der Waals surface area contributed by atoms with Gasteiger partial charge in [-0.05, 0) is 18.2 Å². The molecule has 0 aliphatic heterocycles. The second kappa shape index (κ2) is 8.96. The second-order valence-corrected chi connectivity index (χ2v) is 9.29. The lowest BCUT2D eigenvalue weighted by Crippen LogP contribution is -2.30. The Hall–Kier alpha value is -2.73. The Kier molecular flexibility index (Phi) is 6.56. The molecule has 0 aliphatic rings. The van der Waals surface area contributed by atoms with E-state index in [1.807, 2.05) is 24.3 Å². The van der Waals surface area contributed by atoms with E-state index in [-0.39, 0.29) is 17.2 Å². The minimum absolute atomic E-state index is 0.0962. The van der Waals surface area contributed by atoms with Crippen molar-refractivity contribution in [1.29, 1.82) is 0 Å². The second-order valence-electron chi connectivity index (χ2n) is 6.01. The van der Waals surface area contributed by atoms with Crippen molar-refractivity contribution in [2.45, 2.75) is 11.5 Å². The molecule has 2 aromatic carbocycles. The van der Waals surface area contributed by atoms with Gasteiger partial charge in [-0.15, -0.1) is 11.3 Å². The summed E-state index contributed by atoms with van der Waals surface area (Å²) in [5.41, 5.74) is -0.235. The van der Waals surface area contributed by atoms with Crippen LogP contribution in [0, 0.1) is 10.1 Å². The van der Waals surface area contributed by atoms with Gasteiger partial charge in [0, 0.05) is 23.2 Å². The molecule has 1 heterocycles. The van der Waals surface area contributed by atoms with E-state index in [1.54, 1.807) is 0 Å². The highest BCUT2D eigenvalue weighted by molar-refractivity contribution is 7.89. The summed E-state index contributed by atoms with van der Waals surface area (Å²) in [5, 5.41) is 15.1. The normalized spacial score (nSPS) is 11.4. The van der Waals surface area contributed by atoms with Gasteiger partial charge in [-0.25, -0.2) is 8.42 Å². The first-order valence-electron chi connectivity index (χ1n) is 8.50. The van der Waals surface area contributed by atoms with Crippen LogP contribution in [-0.4, -0.2) is 32.9 Å². The van der Waals surface area contributed by atoms with Crippen LogP contribution in [0.3, 0.4) is 0 Å². The largest absolute Gasteiger partial charge is 0.459 e. The summed E-state index contributed by atoms with van der Waals surface area (Å²) in [6.45, 7) is -0.729. The van der Waals surface area contributed by atoms with Crippen molar-refractivity contribution in [2.24, 2.45) is 0 Å². The minimum atomic E-state index is -4.15. The average Bonchev–Trinajstić information content (AvgIpc) is 3.06. The highest BCUT2D eigenvalue weighted by atomic mass is 35.5. The van der Waals surface area contributed by atoms with Crippen molar-refractivity contribution < 1.29 is 22.9 Å². The van der Waals surface area contributed by atoms with Crippen LogP contribution in [0.1, 0.15) is 4.88 Å². The van der Waals surface area contributed by atoms with Crippen LogP contribution >= 0.6 is 22.9 Å². The Labute approximate surface area is 180 Å². The van der Waals surface area contributed by atoms with E-state index in [0.29, 0.717) is 9.90 Å². The van der Waals surface area contributed by atoms with E-state index >= 15 is 0 Å². The number of thiophene rings is 1. The molecule has 0 spiro atoms. The van der Waals surface area contributed by atoms with Crippen LogP contribution in [0.15, 0.2) is 47.4 Å². The van der Waals surface area contributed by atoms with Gasteiger partial charge >= 0.3 is 5.97 Å². The molecule has 158 valence electrons. The van der Waals surface area contributed by atoms with Crippen molar-refractivity contribution in [3.8, 4) is 0 Å². The van der Waals surface area contributed by atoms with Crippen molar-refractivity contribution in [3.05, 3.63) is 62.5 Å². The Balaban J connectivity index is 1.64.